The minimum atomic E-state index is -0.0382. The molecule has 1 saturated carbocycles. The van der Waals surface area contributed by atoms with Gasteiger partial charge in [-0.05, 0) is 25.2 Å². The Kier molecular flexibility index (Phi) is 5.14. The van der Waals surface area contributed by atoms with Gasteiger partial charge in [0, 0.05) is 12.6 Å². The van der Waals surface area contributed by atoms with Crippen LogP contribution in [0.5, 0.6) is 0 Å². The zero-order valence-corrected chi connectivity index (χ0v) is 12.0. The third kappa shape index (κ3) is 3.90. The smallest absolute Gasteiger partial charge is 0.147 e. The summed E-state index contributed by atoms with van der Waals surface area (Å²) in [6, 6.07) is 0.599. The molecule has 106 valence electrons. The van der Waals surface area contributed by atoms with Crippen LogP contribution in [-0.4, -0.2) is 27.7 Å². The Hall–Kier alpha value is -1.16. The highest BCUT2D eigenvalue weighted by molar-refractivity contribution is 5.38. The van der Waals surface area contributed by atoms with Gasteiger partial charge in [0.15, 0.2) is 0 Å². The van der Waals surface area contributed by atoms with Crippen LogP contribution >= 0.6 is 0 Å². The van der Waals surface area contributed by atoms with Crippen molar-refractivity contribution in [3.63, 3.8) is 0 Å². The average molecular weight is 263 g/mol. The molecule has 0 radical (unpaired) electrons. The van der Waals surface area contributed by atoms with Crippen molar-refractivity contribution in [2.75, 3.05) is 11.4 Å². The van der Waals surface area contributed by atoms with E-state index in [9.17, 15) is 5.11 Å². The number of aliphatic hydroxyl groups is 1. The van der Waals surface area contributed by atoms with Crippen molar-refractivity contribution in [3.8, 4) is 0 Å². The van der Waals surface area contributed by atoms with Gasteiger partial charge < -0.3 is 10.0 Å². The summed E-state index contributed by atoms with van der Waals surface area (Å²) in [5.74, 6) is 1.62. The molecule has 1 fully saturated rings. The minimum absolute atomic E-state index is 0.0382. The first kappa shape index (κ1) is 14.3. The lowest BCUT2D eigenvalue weighted by Crippen LogP contribution is -2.35. The van der Waals surface area contributed by atoms with E-state index in [4.69, 9.17) is 0 Å². The lowest BCUT2D eigenvalue weighted by molar-refractivity contribution is 0.276. The highest BCUT2D eigenvalue weighted by Gasteiger charge is 2.24. The van der Waals surface area contributed by atoms with Crippen LogP contribution in [0.15, 0.2) is 12.4 Å². The number of anilines is 1. The fourth-order valence-electron chi connectivity index (χ4n) is 2.71. The summed E-state index contributed by atoms with van der Waals surface area (Å²) in [5.41, 5.74) is 0.657. The molecule has 0 unspecified atom stereocenters. The number of hydrogen-bond acceptors (Lipinski definition) is 4. The van der Waals surface area contributed by atoms with Crippen molar-refractivity contribution in [1.82, 2.24) is 9.97 Å². The molecule has 1 aliphatic rings. The largest absolute Gasteiger partial charge is 0.390 e. The quantitative estimate of drug-likeness (QED) is 0.857. The Morgan fingerprint density at radius 1 is 1.32 bits per heavy atom. The number of aliphatic hydroxyl groups excluding tert-OH is 1. The maximum Gasteiger partial charge on any atom is 0.147 e. The molecule has 0 aromatic carbocycles. The molecule has 1 heterocycles. The van der Waals surface area contributed by atoms with Gasteiger partial charge in [-0.1, -0.05) is 26.7 Å². The molecule has 19 heavy (non-hydrogen) atoms. The second kappa shape index (κ2) is 6.85. The van der Waals surface area contributed by atoms with Gasteiger partial charge in [0.25, 0.3) is 0 Å². The Bertz CT molecular complexity index is 389. The Morgan fingerprint density at radius 2 is 2.05 bits per heavy atom. The molecule has 0 amide bonds. The van der Waals surface area contributed by atoms with Crippen molar-refractivity contribution >= 4 is 5.82 Å². The minimum Gasteiger partial charge on any atom is -0.390 e. The molecule has 1 N–H and O–H groups in total. The van der Waals surface area contributed by atoms with Crippen molar-refractivity contribution in [2.45, 2.75) is 58.6 Å². The van der Waals surface area contributed by atoms with Gasteiger partial charge in [-0.15, -0.1) is 0 Å². The van der Waals surface area contributed by atoms with E-state index >= 15 is 0 Å². The van der Waals surface area contributed by atoms with E-state index in [0.717, 1.165) is 12.4 Å². The summed E-state index contributed by atoms with van der Waals surface area (Å²) < 4.78 is 0. The zero-order chi connectivity index (χ0) is 13.7. The molecule has 4 heteroatoms. The van der Waals surface area contributed by atoms with Crippen LogP contribution in [0.3, 0.4) is 0 Å². The topological polar surface area (TPSA) is 49.2 Å². The summed E-state index contributed by atoms with van der Waals surface area (Å²) in [6.07, 6.45) is 9.77. The van der Waals surface area contributed by atoms with Crippen molar-refractivity contribution in [2.24, 2.45) is 5.92 Å². The monoisotopic (exact) mass is 263 g/mol. The van der Waals surface area contributed by atoms with Gasteiger partial charge in [0.1, 0.15) is 5.82 Å². The van der Waals surface area contributed by atoms with E-state index < -0.39 is 0 Å². The summed E-state index contributed by atoms with van der Waals surface area (Å²) in [4.78, 5) is 11.1. The predicted molar refractivity (Wildman–Crippen MR) is 77.0 cm³/mol. The maximum absolute atomic E-state index is 9.21. The molecule has 0 spiro atoms. The van der Waals surface area contributed by atoms with Crippen LogP contribution < -0.4 is 4.90 Å². The molecule has 2 rings (SSSR count). The van der Waals surface area contributed by atoms with Gasteiger partial charge in [0.2, 0.25) is 0 Å². The second-order valence-electron chi connectivity index (χ2n) is 5.84. The normalized spacial score (nSPS) is 16.2. The van der Waals surface area contributed by atoms with E-state index in [1.54, 1.807) is 6.20 Å². The van der Waals surface area contributed by atoms with Gasteiger partial charge in [-0.3, -0.25) is 4.98 Å². The molecular weight excluding hydrogens is 238 g/mol. The van der Waals surface area contributed by atoms with E-state index in [0.29, 0.717) is 17.7 Å². The third-order valence-electron chi connectivity index (χ3n) is 3.84. The molecule has 0 saturated heterocycles. The molecule has 0 bridgehead atoms. The first-order valence-electron chi connectivity index (χ1n) is 7.39. The van der Waals surface area contributed by atoms with E-state index in [2.05, 4.69) is 28.7 Å². The van der Waals surface area contributed by atoms with Gasteiger partial charge >= 0.3 is 0 Å². The van der Waals surface area contributed by atoms with Gasteiger partial charge in [0.05, 0.1) is 24.7 Å². The Morgan fingerprint density at radius 3 is 2.68 bits per heavy atom. The Balaban J connectivity index is 2.14. The lowest BCUT2D eigenvalue weighted by Gasteiger charge is -2.30. The van der Waals surface area contributed by atoms with E-state index in [1.807, 2.05) is 6.20 Å². The molecule has 1 aromatic heterocycles. The molecule has 0 atom stereocenters. The van der Waals surface area contributed by atoms with Gasteiger partial charge in [-0.2, -0.15) is 0 Å². The highest BCUT2D eigenvalue weighted by Crippen LogP contribution is 2.27. The van der Waals surface area contributed by atoms with Crippen molar-refractivity contribution in [3.05, 3.63) is 18.1 Å². The Labute approximate surface area is 115 Å². The number of rotatable bonds is 6. The summed E-state index contributed by atoms with van der Waals surface area (Å²) in [5, 5.41) is 9.21. The average Bonchev–Trinajstić information content (AvgIpc) is 2.93. The third-order valence-corrected chi connectivity index (χ3v) is 3.84. The highest BCUT2D eigenvalue weighted by atomic mass is 16.3. The van der Waals surface area contributed by atoms with Crippen LogP contribution in [0.1, 0.15) is 51.6 Å². The standard InChI is InChI=1S/C15H25N3O/c1-12(2)7-8-18(14-5-3-4-6-14)15-10-16-9-13(11-19)17-15/h9-10,12,14,19H,3-8,11H2,1-2H3. The first-order chi connectivity index (χ1) is 9.20. The maximum atomic E-state index is 9.21. The van der Waals surface area contributed by atoms with Crippen LogP contribution in [0.4, 0.5) is 5.82 Å². The van der Waals surface area contributed by atoms with Crippen LogP contribution in [0.2, 0.25) is 0 Å². The molecule has 1 aromatic rings. The summed E-state index contributed by atoms with van der Waals surface area (Å²) >= 11 is 0. The molecule has 4 nitrogen and oxygen atoms in total. The van der Waals surface area contributed by atoms with Crippen molar-refractivity contribution < 1.29 is 5.11 Å². The molecule has 0 aliphatic heterocycles. The summed E-state index contributed by atoms with van der Waals surface area (Å²) in [7, 11) is 0. The SMILES string of the molecule is CC(C)CCN(c1cncc(CO)n1)C1CCCC1. The number of aromatic nitrogens is 2. The fraction of sp³-hybridized carbons (Fsp3) is 0.733. The fourth-order valence-corrected chi connectivity index (χ4v) is 2.71. The van der Waals surface area contributed by atoms with Crippen LogP contribution in [0.25, 0.3) is 0 Å². The van der Waals surface area contributed by atoms with E-state index in [-0.39, 0.29) is 6.61 Å². The number of nitrogens with zero attached hydrogens (tertiary/aromatic N) is 3. The van der Waals surface area contributed by atoms with Gasteiger partial charge in [-0.25, -0.2) is 4.98 Å². The summed E-state index contributed by atoms with van der Waals surface area (Å²) in [6.45, 7) is 5.50. The molecular formula is C15H25N3O. The zero-order valence-electron chi connectivity index (χ0n) is 12.0. The van der Waals surface area contributed by atoms with Crippen LogP contribution in [-0.2, 0) is 6.61 Å². The molecule has 1 aliphatic carbocycles. The predicted octanol–water partition coefficient (Wildman–Crippen LogP) is 2.76. The second-order valence-corrected chi connectivity index (χ2v) is 5.84. The van der Waals surface area contributed by atoms with E-state index in [1.165, 1.54) is 32.1 Å². The first-order valence-corrected chi connectivity index (χ1v) is 7.39. The van der Waals surface area contributed by atoms with Crippen molar-refractivity contribution in [1.29, 1.82) is 0 Å². The lowest BCUT2D eigenvalue weighted by atomic mass is 10.1. The number of hydrogen-bond donors (Lipinski definition) is 1. The van der Waals surface area contributed by atoms with Crippen LogP contribution in [0, 0.1) is 5.92 Å².